The molecule has 1 aliphatic rings. The first-order valence-electron chi connectivity index (χ1n) is 2.89. The third kappa shape index (κ3) is 1.77. The molecule has 0 atom stereocenters. The van der Waals surface area contributed by atoms with Crippen LogP contribution in [0.1, 0.15) is 0 Å². The van der Waals surface area contributed by atoms with Crippen molar-refractivity contribution in [3.8, 4) is 6.07 Å². The SMILES string of the molecule is N#CC=C1CN(S(N)(=O)=O)C1. The molecule has 0 amide bonds. The van der Waals surface area contributed by atoms with E-state index in [2.05, 4.69) is 0 Å². The van der Waals surface area contributed by atoms with Crippen molar-refractivity contribution in [1.82, 2.24) is 4.31 Å². The fraction of sp³-hybridized carbons (Fsp3) is 0.400. The molecule has 0 spiro atoms. The fourth-order valence-corrected chi connectivity index (χ4v) is 1.46. The minimum atomic E-state index is -3.53. The van der Waals surface area contributed by atoms with Gasteiger partial charge in [0.05, 0.1) is 6.07 Å². The quantitative estimate of drug-likeness (QED) is 0.513. The number of hydrogen-bond acceptors (Lipinski definition) is 3. The molecular formula is C5H7N3O2S. The average molecular weight is 173 g/mol. The van der Waals surface area contributed by atoms with Gasteiger partial charge in [0.2, 0.25) is 0 Å². The van der Waals surface area contributed by atoms with Crippen LogP contribution in [-0.2, 0) is 10.2 Å². The highest BCUT2D eigenvalue weighted by atomic mass is 32.2. The number of hydrogen-bond donors (Lipinski definition) is 1. The normalized spacial score (nSPS) is 18.7. The van der Waals surface area contributed by atoms with Crippen LogP contribution in [-0.4, -0.2) is 25.8 Å². The Hall–Kier alpha value is -0.900. The number of allylic oxidation sites excluding steroid dienone is 1. The van der Waals surface area contributed by atoms with Crippen molar-refractivity contribution < 1.29 is 8.42 Å². The zero-order chi connectivity index (χ0) is 8.48. The van der Waals surface area contributed by atoms with Crippen molar-refractivity contribution in [2.75, 3.05) is 13.1 Å². The summed E-state index contributed by atoms with van der Waals surface area (Å²) in [5.74, 6) is 0. The summed E-state index contributed by atoms with van der Waals surface area (Å²) in [6.45, 7) is 0.513. The molecule has 1 heterocycles. The standard InChI is InChI=1S/C5H7N3O2S/c6-2-1-5-3-8(4-5)11(7,9)10/h1H,3-4H2,(H2,7,9,10). The first kappa shape index (κ1) is 8.20. The third-order valence-electron chi connectivity index (χ3n) is 1.39. The van der Waals surface area contributed by atoms with Gasteiger partial charge in [0.25, 0.3) is 10.2 Å². The highest BCUT2D eigenvalue weighted by Gasteiger charge is 2.28. The summed E-state index contributed by atoms with van der Waals surface area (Å²) in [7, 11) is -3.53. The lowest BCUT2D eigenvalue weighted by atomic mass is 10.1. The zero-order valence-corrected chi connectivity index (χ0v) is 6.50. The molecule has 6 heteroatoms. The molecule has 0 aromatic heterocycles. The summed E-state index contributed by atoms with van der Waals surface area (Å²) in [5, 5.41) is 13.0. The van der Waals surface area contributed by atoms with Gasteiger partial charge in [0.15, 0.2) is 0 Å². The van der Waals surface area contributed by atoms with Gasteiger partial charge in [-0.05, 0) is 5.57 Å². The van der Waals surface area contributed by atoms with Crippen molar-refractivity contribution in [2.45, 2.75) is 0 Å². The van der Waals surface area contributed by atoms with Gasteiger partial charge in [-0.25, -0.2) is 5.14 Å². The Morgan fingerprint density at radius 2 is 2.18 bits per heavy atom. The van der Waals surface area contributed by atoms with Crippen LogP contribution in [0.5, 0.6) is 0 Å². The first-order chi connectivity index (χ1) is 5.04. The zero-order valence-electron chi connectivity index (χ0n) is 5.69. The molecular weight excluding hydrogens is 166 g/mol. The maximum atomic E-state index is 10.6. The van der Waals surface area contributed by atoms with E-state index in [1.165, 1.54) is 6.08 Å². The van der Waals surface area contributed by atoms with Gasteiger partial charge in [-0.2, -0.15) is 18.0 Å². The first-order valence-corrected chi connectivity index (χ1v) is 4.40. The van der Waals surface area contributed by atoms with Crippen LogP contribution in [0.3, 0.4) is 0 Å². The van der Waals surface area contributed by atoms with Crippen molar-refractivity contribution in [1.29, 1.82) is 5.26 Å². The monoisotopic (exact) mass is 173 g/mol. The van der Waals surface area contributed by atoms with Gasteiger partial charge in [-0.15, -0.1) is 0 Å². The molecule has 11 heavy (non-hydrogen) atoms. The number of nitriles is 1. The van der Waals surface area contributed by atoms with E-state index in [0.29, 0.717) is 0 Å². The number of nitrogens with two attached hydrogens (primary N) is 1. The van der Waals surface area contributed by atoms with Gasteiger partial charge >= 0.3 is 0 Å². The van der Waals surface area contributed by atoms with Crippen LogP contribution in [0.15, 0.2) is 11.6 Å². The van der Waals surface area contributed by atoms with E-state index in [1.807, 2.05) is 6.07 Å². The van der Waals surface area contributed by atoms with Gasteiger partial charge < -0.3 is 0 Å². The lowest BCUT2D eigenvalue weighted by Crippen LogP contribution is -2.47. The highest BCUT2D eigenvalue weighted by molar-refractivity contribution is 7.86. The maximum Gasteiger partial charge on any atom is 0.277 e. The van der Waals surface area contributed by atoms with E-state index in [0.717, 1.165) is 9.88 Å². The molecule has 60 valence electrons. The summed E-state index contributed by atoms with van der Waals surface area (Å²) in [6.07, 6.45) is 1.34. The summed E-state index contributed by atoms with van der Waals surface area (Å²) >= 11 is 0. The van der Waals surface area contributed by atoms with Crippen LogP contribution in [0, 0.1) is 11.3 Å². The van der Waals surface area contributed by atoms with Crippen molar-refractivity contribution in [3.05, 3.63) is 11.6 Å². The average Bonchev–Trinajstić information content (AvgIpc) is 1.74. The van der Waals surface area contributed by atoms with Gasteiger partial charge in [-0.3, -0.25) is 0 Å². The van der Waals surface area contributed by atoms with Gasteiger partial charge in [-0.1, -0.05) is 0 Å². The minimum Gasteiger partial charge on any atom is -0.216 e. The van der Waals surface area contributed by atoms with Crippen molar-refractivity contribution in [3.63, 3.8) is 0 Å². The largest absolute Gasteiger partial charge is 0.277 e. The minimum absolute atomic E-state index is 0.256. The number of nitrogens with zero attached hydrogens (tertiary/aromatic N) is 2. The molecule has 0 aromatic rings. The molecule has 0 radical (unpaired) electrons. The Morgan fingerprint density at radius 1 is 1.64 bits per heavy atom. The predicted molar refractivity (Wildman–Crippen MR) is 38.4 cm³/mol. The Morgan fingerprint density at radius 3 is 2.55 bits per heavy atom. The van der Waals surface area contributed by atoms with Crippen molar-refractivity contribution in [2.24, 2.45) is 5.14 Å². The molecule has 0 saturated carbocycles. The smallest absolute Gasteiger partial charge is 0.216 e. The third-order valence-corrected chi connectivity index (χ3v) is 2.37. The summed E-state index contributed by atoms with van der Waals surface area (Å²) in [5.41, 5.74) is 0.793. The van der Waals surface area contributed by atoms with Crippen LogP contribution in [0.4, 0.5) is 0 Å². The highest BCUT2D eigenvalue weighted by Crippen LogP contribution is 2.15. The van der Waals surface area contributed by atoms with Crippen LogP contribution < -0.4 is 5.14 Å². The fourth-order valence-electron chi connectivity index (χ4n) is 0.769. The van der Waals surface area contributed by atoms with Crippen LogP contribution in [0.25, 0.3) is 0 Å². The molecule has 0 bridgehead atoms. The molecule has 1 aliphatic heterocycles. The topological polar surface area (TPSA) is 87.2 Å². The molecule has 5 nitrogen and oxygen atoms in total. The van der Waals surface area contributed by atoms with Crippen LogP contribution >= 0.6 is 0 Å². The predicted octanol–water partition coefficient (Wildman–Crippen LogP) is -1.04. The second-order valence-corrected chi connectivity index (χ2v) is 3.79. The van der Waals surface area contributed by atoms with E-state index in [4.69, 9.17) is 10.4 Å². The van der Waals surface area contributed by atoms with E-state index < -0.39 is 10.2 Å². The molecule has 0 aromatic carbocycles. The summed E-state index contributed by atoms with van der Waals surface area (Å²) in [4.78, 5) is 0. The molecule has 0 unspecified atom stereocenters. The van der Waals surface area contributed by atoms with Gasteiger partial charge in [0.1, 0.15) is 0 Å². The summed E-state index contributed by atoms with van der Waals surface area (Å²) < 4.78 is 22.2. The summed E-state index contributed by atoms with van der Waals surface area (Å²) in [6, 6.07) is 1.82. The lowest BCUT2D eigenvalue weighted by Gasteiger charge is -2.30. The molecule has 1 saturated heterocycles. The maximum absolute atomic E-state index is 10.6. The van der Waals surface area contributed by atoms with E-state index >= 15 is 0 Å². The molecule has 1 fully saturated rings. The Bertz CT molecular complexity index is 316. The van der Waals surface area contributed by atoms with E-state index in [9.17, 15) is 8.42 Å². The Labute approximate surface area is 64.9 Å². The van der Waals surface area contributed by atoms with E-state index in [-0.39, 0.29) is 13.1 Å². The molecule has 1 rings (SSSR count). The lowest BCUT2D eigenvalue weighted by molar-refractivity contribution is 0.392. The van der Waals surface area contributed by atoms with Gasteiger partial charge in [0, 0.05) is 19.2 Å². The van der Waals surface area contributed by atoms with E-state index in [1.54, 1.807) is 0 Å². The van der Waals surface area contributed by atoms with Crippen LogP contribution in [0.2, 0.25) is 0 Å². The second kappa shape index (κ2) is 2.62. The number of rotatable bonds is 1. The van der Waals surface area contributed by atoms with Crippen molar-refractivity contribution >= 4 is 10.2 Å². The molecule has 0 aliphatic carbocycles. The Kier molecular flexibility index (Phi) is 1.95. The molecule has 2 N–H and O–H groups in total. The Balaban J connectivity index is 2.57. The second-order valence-electron chi connectivity index (χ2n) is 2.24.